The summed E-state index contributed by atoms with van der Waals surface area (Å²) in [4.78, 5) is 29.7. The fourth-order valence-electron chi connectivity index (χ4n) is 5.05. The van der Waals surface area contributed by atoms with E-state index in [-0.39, 0.29) is 28.5 Å². The summed E-state index contributed by atoms with van der Waals surface area (Å²) in [6.07, 6.45) is 7.60. The van der Waals surface area contributed by atoms with E-state index in [1.165, 1.54) is 12.1 Å². The number of ketones is 1. The molecule has 5 heteroatoms. The Hall–Kier alpha value is -2.56. The number of amides is 1. The van der Waals surface area contributed by atoms with E-state index in [2.05, 4.69) is 10.3 Å². The second-order valence-electron chi connectivity index (χ2n) is 8.60. The number of nitrogens with zero attached hydrogens (tertiary/aromatic N) is 1. The first-order valence-corrected chi connectivity index (χ1v) is 9.93. The summed E-state index contributed by atoms with van der Waals surface area (Å²) in [6, 6.07) is 9.56. The van der Waals surface area contributed by atoms with Crippen LogP contribution in [0.2, 0.25) is 0 Å². The summed E-state index contributed by atoms with van der Waals surface area (Å²) in [6.45, 7) is 1.94. The molecule has 2 aliphatic rings. The molecular weight excluding hydrogens is 355 g/mol. The summed E-state index contributed by atoms with van der Waals surface area (Å²) < 4.78 is 13.5. The molecule has 1 aromatic heterocycles. The van der Waals surface area contributed by atoms with Crippen LogP contribution in [0.1, 0.15) is 71.4 Å². The van der Waals surface area contributed by atoms with Crippen molar-refractivity contribution in [2.24, 2.45) is 5.41 Å². The molecule has 4 rings (SSSR count). The van der Waals surface area contributed by atoms with Crippen LogP contribution >= 0.6 is 0 Å². The predicted molar refractivity (Wildman–Crippen MR) is 105 cm³/mol. The summed E-state index contributed by atoms with van der Waals surface area (Å²) in [5.74, 6) is -0.538. The molecule has 0 radical (unpaired) electrons. The number of hydrogen-bond donors (Lipinski definition) is 1. The molecule has 0 spiro atoms. The molecule has 2 saturated carbocycles. The van der Waals surface area contributed by atoms with Crippen LogP contribution in [0.15, 0.2) is 42.6 Å². The SMILES string of the molecule is Cc1ccc(C(=O)NC23CCCC(CC(=O)c4cccc(F)c4)(CC2)C3)nc1. The number of carbonyl (C=O) groups is 2. The molecule has 1 heterocycles. The molecule has 0 aliphatic heterocycles. The van der Waals surface area contributed by atoms with Gasteiger partial charge in [0.05, 0.1) is 0 Å². The minimum atomic E-state index is -0.384. The Balaban J connectivity index is 1.47. The van der Waals surface area contributed by atoms with Crippen LogP contribution in [-0.2, 0) is 0 Å². The highest BCUT2D eigenvalue weighted by Gasteiger charge is 2.52. The molecule has 2 unspecified atom stereocenters. The van der Waals surface area contributed by atoms with E-state index < -0.39 is 0 Å². The van der Waals surface area contributed by atoms with Crippen molar-refractivity contribution in [2.45, 2.75) is 57.4 Å². The Morgan fingerprint density at radius 3 is 2.75 bits per heavy atom. The summed E-state index contributed by atoms with van der Waals surface area (Å²) in [7, 11) is 0. The number of fused-ring (bicyclic) bond motifs is 2. The fraction of sp³-hybridized carbons (Fsp3) is 0.435. The van der Waals surface area contributed by atoms with Gasteiger partial charge in [0.2, 0.25) is 0 Å². The lowest BCUT2D eigenvalue weighted by molar-refractivity contribution is 0.0800. The zero-order valence-corrected chi connectivity index (χ0v) is 16.1. The van der Waals surface area contributed by atoms with Crippen LogP contribution in [0.4, 0.5) is 4.39 Å². The molecule has 2 aromatic rings. The summed E-state index contributed by atoms with van der Waals surface area (Å²) in [5.41, 5.74) is 1.52. The first-order valence-electron chi connectivity index (χ1n) is 9.93. The maximum Gasteiger partial charge on any atom is 0.270 e. The van der Waals surface area contributed by atoms with Gasteiger partial charge in [0.1, 0.15) is 11.5 Å². The number of hydrogen-bond acceptors (Lipinski definition) is 3. The Labute approximate surface area is 164 Å². The highest BCUT2D eigenvalue weighted by Crippen LogP contribution is 2.55. The number of carbonyl (C=O) groups excluding carboxylic acids is 2. The van der Waals surface area contributed by atoms with Gasteiger partial charge in [-0.2, -0.15) is 0 Å². The molecule has 1 amide bonds. The molecule has 1 aromatic carbocycles. The van der Waals surface area contributed by atoms with Crippen LogP contribution in [0.3, 0.4) is 0 Å². The zero-order chi connectivity index (χ0) is 19.8. The third kappa shape index (κ3) is 3.71. The minimum absolute atomic E-state index is 0.0104. The number of halogens is 1. The quantitative estimate of drug-likeness (QED) is 0.770. The van der Waals surface area contributed by atoms with E-state index in [1.807, 2.05) is 13.0 Å². The normalized spacial score (nSPS) is 26.1. The van der Waals surface area contributed by atoms with Gasteiger partial charge in [0.25, 0.3) is 5.91 Å². The van der Waals surface area contributed by atoms with E-state index in [1.54, 1.807) is 24.4 Å². The van der Waals surface area contributed by atoms with Crippen molar-refractivity contribution in [3.05, 3.63) is 65.2 Å². The lowest BCUT2D eigenvalue weighted by Gasteiger charge is -2.39. The second-order valence-corrected chi connectivity index (χ2v) is 8.60. The lowest BCUT2D eigenvalue weighted by atomic mass is 9.70. The Morgan fingerprint density at radius 2 is 2.00 bits per heavy atom. The van der Waals surface area contributed by atoms with E-state index in [0.717, 1.165) is 44.1 Å². The molecule has 28 heavy (non-hydrogen) atoms. The van der Waals surface area contributed by atoms with Gasteiger partial charge in [0, 0.05) is 23.7 Å². The molecule has 2 fully saturated rings. The van der Waals surface area contributed by atoms with Crippen LogP contribution in [0.5, 0.6) is 0 Å². The first-order chi connectivity index (χ1) is 13.4. The van der Waals surface area contributed by atoms with Crippen molar-refractivity contribution in [1.29, 1.82) is 0 Å². The van der Waals surface area contributed by atoms with Crippen molar-refractivity contribution < 1.29 is 14.0 Å². The monoisotopic (exact) mass is 380 g/mol. The van der Waals surface area contributed by atoms with Crippen molar-refractivity contribution in [3.8, 4) is 0 Å². The van der Waals surface area contributed by atoms with E-state index in [9.17, 15) is 14.0 Å². The number of rotatable bonds is 5. The number of aromatic nitrogens is 1. The average molecular weight is 380 g/mol. The van der Waals surface area contributed by atoms with Gasteiger partial charge in [0.15, 0.2) is 5.78 Å². The molecule has 4 nitrogen and oxygen atoms in total. The number of pyridine rings is 1. The molecule has 2 aliphatic carbocycles. The van der Waals surface area contributed by atoms with Crippen LogP contribution < -0.4 is 5.32 Å². The fourth-order valence-corrected chi connectivity index (χ4v) is 5.05. The number of nitrogens with one attached hydrogen (secondary N) is 1. The van der Waals surface area contributed by atoms with E-state index in [4.69, 9.17) is 0 Å². The van der Waals surface area contributed by atoms with Gasteiger partial charge in [-0.05, 0) is 68.2 Å². The van der Waals surface area contributed by atoms with Gasteiger partial charge in [-0.25, -0.2) is 4.39 Å². The van der Waals surface area contributed by atoms with Crippen LogP contribution in [0.25, 0.3) is 0 Å². The molecule has 146 valence electrons. The van der Waals surface area contributed by atoms with E-state index in [0.29, 0.717) is 17.7 Å². The van der Waals surface area contributed by atoms with Gasteiger partial charge < -0.3 is 5.32 Å². The highest BCUT2D eigenvalue weighted by atomic mass is 19.1. The smallest absolute Gasteiger partial charge is 0.270 e. The van der Waals surface area contributed by atoms with Crippen molar-refractivity contribution >= 4 is 11.7 Å². The Morgan fingerprint density at radius 1 is 1.14 bits per heavy atom. The average Bonchev–Trinajstić information content (AvgIpc) is 2.92. The summed E-state index contributed by atoms with van der Waals surface area (Å²) >= 11 is 0. The summed E-state index contributed by atoms with van der Waals surface area (Å²) in [5, 5.41) is 3.23. The topological polar surface area (TPSA) is 59.1 Å². The molecule has 1 N–H and O–H groups in total. The van der Waals surface area contributed by atoms with E-state index >= 15 is 0 Å². The number of aryl methyl sites for hydroxylation is 1. The van der Waals surface area contributed by atoms with Gasteiger partial charge >= 0.3 is 0 Å². The molecule has 2 atom stereocenters. The predicted octanol–water partition coefficient (Wildman–Crippen LogP) is 4.62. The Kier molecular flexibility index (Phi) is 4.77. The van der Waals surface area contributed by atoms with Crippen molar-refractivity contribution in [3.63, 3.8) is 0 Å². The van der Waals surface area contributed by atoms with Gasteiger partial charge in [-0.15, -0.1) is 0 Å². The maximum atomic E-state index is 13.5. The largest absolute Gasteiger partial charge is 0.345 e. The standard InChI is InChI=1S/C23H25FN2O2/c1-16-6-7-19(25-14-16)21(28)26-23-9-3-8-22(15-23,10-11-23)13-20(27)17-4-2-5-18(24)12-17/h2,4-7,12,14H,3,8-11,13,15H2,1H3,(H,26,28). The number of benzene rings is 1. The van der Waals surface area contributed by atoms with Crippen molar-refractivity contribution in [2.75, 3.05) is 0 Å². The van der Waals surface area contributed by atoms with Crippen LogP contribution in [-0.4, -0.2) is 22.2 Å². The molecular formula is C23H25FN2O2. The van der Waals surface area contributed by atoms with Gasteiger partial charge in [-0.1, -0.05) is 24.6 Å². The molecule has 2 bridgehead atoms. The third-order valence-electron chi connectivity index (χ3n) is 6.41. The minimum Gasteiger partial charge on any atom is -0.345 e. The molecule has 0 saturated heterocycles. The second kappa shape index (κ2) is 7.12. The van der Waals surface area contributed by atoms with Crippen LogP contribution in [0, 0.1) is 18.2 Å². The number of Topliss-reactive ketones (excluding diaryl/α,β-unsaturated/α-hetero) is 1. The van der Waals surface area contributed by atoms with Gasteiger partial charge in [-0.3, -0.25) is 14.6 Å². The lowest BCUT2D eigenvalue weighted by Crippen LogP contribution is -2.49. The highest BCUT2D eigenvalue weighted by molar-refractivity contribution is 5.96. The third-order valence-corrected chi connectivity index (χ3v) is 6.41. The van der Waals surface area contributed by atoms with Crippen molar-refractivity contribution in [1.82, 2.24) is 10.3 Å². The Bertz CT molecular complexity index is 911. The zero-order valence-electron chi connectivity index (χ0n) is 16.1. The maximum absolute atomic E-state index is 13.5. The first kappa shape index (κ1) is 18.8.